The molecule has 0 spiro atoms. The van der Waals surface area contributed by atoms with E-state index in [1.807, 2.05) is 60.7 Å². The van der Waals surface area contributed by atoms with E-state index in [9.17, 15) is 14.7 Å². The zero-order chi connectivity index (χ0) is 22.1. The Kier molecular flexibility index (Phi) is 8.40. The van der Waals surface area contributed by atoms with Crippen LogP contribution >= 0.6 is 0 Å². The van der Waals surface area contributed by atoms with E-state index in [-0.39, 0.29) is 19.8 Å². The SMILES string of the molecule is CC(=O)OCC1C[C@@H](OCc2ccccc2)C(NC(=O)OCc2ccccc2)[C@@H](O)O1. The van der Waals surface area contributed by atoms with Gasteiger partial charge in [0.25, 0.3) is 0 Å². The number of aliphatic hydroxyl groups is 1. The van der Waals surface area contributed by atoms with Crippen LogP contribution in [0.5, 0.6) is 0 Å². The maximum absolute atomic E-state index is 12.3. The van der Waals surface area contributed by atoms with Crippen molar-refractivity contribution in [3.63, 3.8) is 0 Å². The lowest BCUT2D eigenvalue weighted by Gasteiger charge is -2.39. The summed E-state index contributed by atoms with van der Waals surface area (Å²) in [5, 5.41) is 13.1. The van der Waals surface area contributed by atoms with Gasteiger partial charge in [0.1, 0.15) is 19.3 Å². The Morgan fingerprint density at radius 1 is 1.00 bits per heavy atom. The van der Waals surface area contributed by atoms with Crippen LogP contribution < -0.4 is 5.32 Å². The van der Waals surface area contributed by atoms with Crippen LogP contribution in [0.25, 0.3) is 0 Å². The molecule has 2 N–H and O–H groups in total. The van der Waals surface area contributed by atoms with E-state index in [4.69, 9.17) is 18.9 Å². The number of esters is 1. The first-order chi connectivity index (χ1) is 15.0. The molecule has 31 heavy (non-hydrogen) atoms. The molecule has 0 aliphatic carbocycles. The Hall–Kier alpha value is -2.94. The molecule has 2 aromatic rings. The van der Waals surface area contributed by atoms with E-state index in [0.29, 0.717) is 6.42 Å². The fourth-order valence-electron chi connectivity index (χ4n) is 3.26. The number of benzene rings is 2. The minimum absolute atomic E-state index is 0.0111. The van der Waals surface area contributed by atoms with E-state index >= 15 is 0 Å². The topological polar surface area (TPSA) is 103 Å². The molecule has 8 nitrogen and oxygen atoms in total. The molecule has 0 bridgehead atoms. The molecule has 1 amide bonds. The third-order valence-corrected chi connectivity index (χ3v) is 4.81. The van der Waals surface area contributed by atoms with Gasteiger partial charge < -0.3 is 29.4 Å². The maximum atomic E-state index is 12.3. The minimum Gasteiger partial charge on any atom is -0.463 e. The fraction of sp³-hybridized carbons (Fsp3) is 0.391. The summed E-state index contributed by atoms with van der Waals surface area (Å²) in [6, 6.07) is 18.0. The number of carbonyl (C=O) groups excluding carboxylic acids is 2. The van der Waals surface area contributed by atoms with Crippen LogP contribution in [0.4, 0.5) is 4.79 Å². The van der Waals surface area contributed by atoms with Crippen molar-refractivity contribution in [2.45, 2.75) is 51.1 Å². The van der Waals surface area contributed by atoms with Crippen molar-refractivity contribution >= 4 is 12.1 Å². The Morgan fingerprint density at radius 2 is 1.61 bits per heavy atom. The second-order valence-corrected chi connectivity index (χ2v) is 7.25. The number of nitrogens with one attached hydrogen (secondary N) is 1. The molecule has 0 radical (unpaired) electrons. The summed E-state index contributed by atoms with van der Waals surface area (Å²) in [5.74, 6) is -0.440. The van der Waals surface area contributed by atoms with Crippen LogP contribution in [0.3, 0.4) is 0 Å². The van der Waals surface area contributed by atoms with Crippen molar-refractivity contribution in [3.05, 3.63) is 71.8 Å². The van der Waals surface area contributed by atoms with Crippen molar-refractivity contribution < 1.29 is 33.6 Å². The van der Waals surface area contributed by atoms with Gasteiger partial charge in [0.2, 0.25) is 0 Å². The van der Waals surface area contributed by atoms with Gasteiger partial charge >= 0.3 is 12.1 Å². The second kappa shape index (κ2) is 11.5. The van der Waals surface area contributed by atoms with Crippen molar-refractivity contribution in [1.29, 1.82) is 0 Å². The van der Waals surface area contributed by atoms with E-state index in [2.05, 4.69) is 5.32 Å². The molecule has 1 fully saturated rings. The molecule has 1 aliphatic heterocycles. The number of alkyl carbamates (subject to hydrolysis) is 1. The Labute approximate surface area is 181 Å². The van der Waals surface area contributed by atoms with Crippen LogP contribution in [0.15, 0.2) is 60.7 Å². The van der Waals surface area contributed by atoms with Crippen LogP contribution in [-0.4, -0.2) is 48.3 Å². The molecule has 1 saturated heterocycles. The standard InChI is InChI=1S/C23H27NO7/c1-16(25)28-15-19-12-20(29-13-17-8-4-2-5-9-17)21(22(26)31-19)24-23(27)30-14-18-10-6-3-7-11-18/h2-11,19-22,26H,12-15H2,1H3,(H,24,27)/t19?,20-,21?,22+/m1/s1. The summed E-state index contributed by atoms with van der Waals surface area (Å²) in [5.41, 5.74) is 1.79. The first kappa shape index (κ1) is 22.7. The molecular weight excluding hydrogens is 402 g/mol. The summed E-state index contributed by atoms with van der Waals surface area (Å²) < 4.78 is 21.8. The van der Waals surface area contributed by atoms with Crippen LogP contribution in [0.1, 0.15) is 24.5 Å². The summed E-state index contributed by atoms with van der Waals surface area (Å²) in [7, 11) is 0. The van der Waals surface area contributed by atoms with E-state index < -0.39 is 36.6 Å². The Balaban J connectivity index is 1.61. The van der Waals surface area contributed by atoms with Gasteiger partial charge in [0.15, 0.2) is 6.29 Å². The smallest absolute Gasteiger partial charge is 0.407 e. The molecule has 0 saturated carbocycles. The van der Waals surface area contributed by atoms with Gasteiger partial charge in [-0.2, -0.15) is 0 Å². The first-order valence-corrected chi connectivity index (χ1v) is 10.1. The molecule has 2 unspecified atom stereocenters. The van der Waals surface area contributed by atoms with Crippen LogP contribution in [0, 0.1) is 0 Å². The fourth-order valence-corrected chi connectivity index (χ4v) is 3.26. The average Bonchev–Trinajstić information content (AvgIpc) is 2.78. The quantitative estimate of drug-likeness (QED) is 0.622. The molecule has 1 heterocycles. The highest BCUT2D eigenvalue weighted by molar-refractivity contribution is 5.67. The monoisotopic (exact) mass is 429 g/mol. The lowest BCUT2D eigenvalue weighted by molar-refractivity contribution is -0.225. The number of rotatable bonds is 8. The van der Waals surface area contributed by atoms with Crippen LogP contribution in [0.2, 0.25) is 0 Å². The molecule has 1 aliphatic rings. The van der Waals surface area contributed by atoms with E-state index in [0.717, 1.165) is 11.1 Å². The summed E-state index contributed by atoms with van der Waals surface area (Å²) >= 11 is 0. The Morgan fingerprint density at radius 3 is 2.23 bits per heavy atom. The highest BCUT2D eigenvalue weighted by Gasteiger charge is 2.40. The molecule has 8 heteroatoms. The van der Waals surface area contributed by atoms with Gasteiger partial charge in [0.05, 0.1) is 18.8 Å². The molecule has 4 atom stereocenters. The third kappa shape index (κ3) is 7.36. The predicted octanol–water partition coefficient (Wildman–Crippen LogP) is 2.54. The van der Waals surface area contributed by atoms with Gasteiger partial charge in [0, 0.05) is 13.3 Å². The van der Waals surface area contributed by atoms with Crippen molar-refractivity contribution in [1.82, 2.24) is 5.32 Å². The zero-order valence-corrected chi connectivity index (χ0v) is 17.3. The number of amides is 1. The maximum Gasteiger partial charge on any atom is 0.407 e. The average molecular weight is 429 g/mol. The number of aliphatic hydroxyl groups excluding tert-OH is 1. The van der Waals surface area contributed by atoms with E-state index in [1.54, 1.807) is 0 Å². The largest absolute Gasteiger partial charge is 0.463 e. The summed E-state index contributed by atoms with van der Waals surface area (Å²) in [6.07, 6.45) is -2.85. The minimum atomic E-state index is -1.35. The predicted molar refractivity (Wildman–Crippen MR) is 111 cm³/mol. The molecule has 3 rings (SSSR count). The van der Waals surface area contributed by atoms with Gasteiger partial charge in [-0.1, -0.05) is 60.7 Å². The Bertz CT molecular complexity index is 830. The highest BCUT2D eigenvalue weighted by atomic mass is 16.6. The number of ether oxygens (including phenoxy) is 4. The zero-order valence-electron chi connectivity index (χ0n) is 17.3. The normalized spacial score (nSPS) is 23.0. The third-order valence-electron chi connectivity index (χ3n) is 4.81. The van der Waals surface area contributed by atoms with Crippen LogP contribution in [-0.2, 0) is 37.0 Å². The summed E-state index contributed by atoms with van der Waals surface area (Å²) in [4.78, 5) is 23.4. The highest BCUT2D eigenvalue weighted by Crippen LogP contribution is 2.23. The lowest BCUT2D eigenvalue weighted by Crippen LogP contribution is -2.58. The number of hydrogen-bond acceptors (Lipinski definition) is 7. The first-order valence-electron chi connectivity index (χ1n) is 10.1. The van der Waals surface area contributed by atoms with Gasteiger partial charge in [-0.05, 0) is 11.1 Å². The van der Waals surface area contributed by atoms with Gasteiger partial charge in [-0.3, -0.25) is 4.79 Å². The van der Waals surface area contributed by atoms with Crippen molar-refractivity contribution in [3.8, 4) is 0 Å². The van der Waals surface area contributed by atoms with Gasteiger partial charge in [-0.15, -0.1) is 0 Å². The van der Waals surface area contributed by atoms with Crippen molar-refractivity contribution in [2.75, 3.05) is 6.61 Å². The van der Waals surface area contributed by atoms with Gasteiger partial charge in [-0.25, -0.2) is 4.79 Å². The molecule has 166 valence electrons. The number of hydrogen-bond donors (Lipinski definition) is 2. The van der Waals surface area contributed by atoms with E-state index in [1.165, 1.54) is 6.92 Å². The molecule has 2 aromatic carbocycles. The summed E-state index contributed by atoms with van der Waals surface area (Å²) in [6.45, 7) is 1.68. The molecule has 0 aromatic heterocycles. The lowest BCUT2D eigenvalue weighted by atomic mass is 10.00. The van der Waals surface area contributed by atoms with Crippen molar-refractivity contribution in [2.24, 2.45) is 0 Å². The number of carbonyl (C=O) groups is 2. The molecular formula is C23H27NO7. The second-order valence-electron chi connectivity index (χ2n) is 7.25.